The molecular formula is C19H24N4O4. The van der Waals surface area contributed by atoms with Crippen molar-refractivity contribution < 1.29 is 9.59 Å². The van der Waals surface area contributed by atoms with Crippen LogP contribution in [0.15, 0.2) is 46.0 Å². The van der Waals surface area contributed by atoms with E-state index in [1.54, 1.807) is 0 Å². The Morgan fingerprint density at radius 1 is 0.963 bits per heavy atom. The minimum Gasteiger partial charge on any atom is -0.349 e. The van der Waals surface area contributed by atoms with Gasteiger partial charge in [0.2, 0.25) is 11.8 Å². The van der Waals surface area contributed by atoms with Crippen molar-refractivity contribution in [1.29, 1.82) is 0 Å². The molecule has 0 saturated heterocycles. The van der Waals surface area contributed by atoms with Gasteiger partial charge in [0.1, 0.15) is 0 Å². The second kappa shape index (κ2) is 9.51. The second-order valence-corrected chi connectivity index (χ2v) is 6.27. The van der Waals surface area contributed by atoms with Crippen molar-refractivity contribution in [3.8, 4) is 0 Å². The van der Waals surface area contributed by atoms with Crippen molar-refractivity contribution >= 4 is 11.8 Å². The molecule has 2 rings (SSSR count). The smallest absolute Gasteiger partial charge is 0.330 e. The topological polar surface area (TPSA) is 102 Å². The normalized spacial score (nSPS) is 10.4. The van der Waals surface area contributed by atoms with Gasteiger partial charge in [-0.25, -0.2) is 4.79 Å². The van der Waals surface area contributed by atoms with Gasteiger partial charge in [0.25, 0.3) is 5.56 Å². The molecule has 0 aliphatic rings. The van der Waals surface area contributed by atoms with Crippen LogP contribution < -0.4 is 21.9 Å². The second-order valence-electron chi connectivity index (χ2n) is 6.27. The highest BCUT2D eigenvalue weighted by atomic mass is 16.2. The number of aromatic nitrogens is 2. The summed E-state index contributed by atoms with van der Waals surface area (Å²) in [4.78, 5) is 47.2. The molecular weight excluding hydrogens is 348 g/mol. The average Bonchev–Trinajstić information content (AvgIpc) is 2.67. The number of nitrogens with zero attached hydrogens (tertiary/aromatic N) is 2. The fourth-order valence-corrected chi connectivity index (χ4v) is 2.56. The predicted octanol–water partition coefficient (Wildman–Crippen LogP) is -0.161. The third-order valence-corrected chi connectivity index (χ3v) is 4.25. The van der Waals surface area contributed by atoms with Crippen molar-refractivity contribution in [2.24, 2.45) is 14.1 Å². The maximum atomic E-state index is 11.9. The molecule has 0 unspecified atom stereocenters. The minimum atomic E-state index is -0.460. The van der Waals surface area contributed by atoms with Crippen LogP contribution in [0.2, 0.25) is 0 Å². The molecule has 0 radical (unpaired) electrons. The molecule has 2 amide bonds. The Hall–Kier alpha value is -3.16. The number of nitrogens with one attached hydrogen (secondary N) is 2. The molecule has 0 aliphatic carbocycles. The number of benzene rings is 1. The first-order valence-corrected chi connectivity index (χ1v) is 8.71. The molecule has 1 heterocycles. The van der Waals surface area contributed by atoms with Crippen LogP contribution in [0.3, 0.4) is 0 Å². The Labute approximate surface area is 156 Å². The Balaban J connectivity index is 1.72. The molecule has 8 nitrogen and oxygen atoms in total. The van der Waals surface area contributed by atoms with E-state index in [9.17, 15) is 19.2 Å². The zero-order valence-corrected chi connectivity index (χ0v) is 15.5. The number of hydrogen-bond acceptors (Lipinski definition) is 4. The molecule has 2 N–H and O–H groups in total. The van der Waals surface area contributed by atoms with Crippen LogP contribution in [0.1, 0.15) is 24.1 Å². The van der Waals surface area contributed by atoms with Crippen molar-refractivity contribution in [3.05, 3.63) is 68.5 Å². The lowest BCUT2D eigenvalue weighted by atomic mass is 10.1. The monoisotopic (exact) mass is 372 g/mol. The SMILES string of the molecule is Cn1c(CNC(=O)CNC(=O)CCCc2ccccc2)cc(=O)n(C)c1=O. The van der Waals surface area contributed by atoms with Crippen molar-refractivity contribution in [2.45, 2.75) is 25.8 Å². The van der Waals surface area contributed by atoms with Crippen LogP contribution >= 0.6 is 0 Å². The quantitative estimate of drug-likeness (QED) is 0.672. The van der Waals surface area contributed by atoms with Gasteiger partial charge in [0.05, 0.1) is 13.1 Å². The summed E-state index contributed by atoms with van der Waals surface area (Å²) in [5, 5.41) is 5.16. The van der Waals surface area contributed by atoms with Crippen LogP contribution in [0.5, 0.6) is 0 Å². The van der Waals surface area contributed by atoms with E-state index in [1.807, 2.05) is 30.3 Å². The molecule has 1 aromatic carbocycles. The van der Waals surface area contributed by atoms with Gasteiger partial charge in [-0.2, -0.15) is 0 Å². The van der Waals surface area contributed by atoms with E-state index in [-0.39, 0.29) is 24.9 Å². The molecule has 27 heavy (non-hydrogen) atoms. The number of rotatable bonds is 8. The summed E-state index contributed by atoms with van der Waals surface area (Å²) in [7, 11) is 2.91. The predicted molar refractivity (Wildman–Crippen MR) is 101 cm³/mol. The van der Waals surface area contributed by atoms with Gasteiger partial charge in [0, 0.05) is 32.3 Å². The van der Waals surface area contributed by atoms with Crippen LogP contribution in [0.4, 0.5) is 0 Å². The summed E-state index contributed by atoms with van der Waals surface area (Å²) in [6.45, 7) is -0.118. The molecule has 0 atom stereocenters. The maximum absolute atomic E-state index is 11.9. The lowest BCUT2D eigenvalue weighted by molar-refractivity contribution is -0.126. The molecule has 8 heteroatoms. The van der Waals surface area contributed by atoms with Gasteiger partial charge in [-0.15, -0.1) is 0 Å². The van der Waals surface area contributed by atoms with E-state index in [0.29, 0.717) is 18.5 Å². The zero-order chi connectivity index (χ0) is 19.8. The summed E-state index contributed by atoms with van der Waals surface area (Å²) in [6, 6.07) is 11.2. The highest BCUT2D eigenvalue weighted by molar-refractivity contribution is 5.84. The van der Waals surface area contributed by atoms with E-state index in [1.165, 1.54) is 30.3 Å². The molecule has 0 spiro atoms. The molecule has 144 valence electrons. The van der Waals surface area contributed by atoms with Crippen LogP contribution in [-0.2, 0) is 36.6 Å². The fourth-order valence-electron chi connectivity index (χ4n) is 2.56. The van der Waals surface area contributed by atoms with E-state index in [0.717, 1.165) is 11.0 Å². The van der Waals surface area contributed by atoms with Gasteiger partial charge < -0.3 is 10.6 Å². The zero-order valence-electron chi connectivity index (χ0n) is 15.5. The maximum Gasteiger partial charge on any atom is 0.330 e. The number of carbonyl (C=O) groups excluding carboxylic acids is 2. The van der Waals surface area contributed by atoms with Crippen LogP contribution in [0.25, 0.3) is 0 Å². The van der Waals surface area contributed by atoms with E-state index < -0.39 is 11.2 Å². The highest BCUT2D eigenvalue weighted by Crippen LogP contribution is 2.04. The lowest BCUT2D eigenvalue weighted by Gasteiger charge is -2.11. The molecule has 2 aromatic rings. The van der Waals surface area contributed by atoms with Crippen molar-refractivity contribution in [2.75, 3.05) is 6.54 Å². The van der Waals surface area contributed by atoms with Gasteiger partial charge in [-0.3, -0.25) is 23.5 Å². The number of amides is 2. The number of carbonyl (C=O) groups is 2. The Kier molecular flexibility index (Phi) is 7.10. The molecule has 0 saturated carbocycles. The Morgan fingerprint density at radius 3 is 2.37 bits per heavy atom. The molecule has 0 fully saturated rings. The molecule has 1 aromatic heterocycles. The lowest BCUT2D eigenvalue weighted by Crippen LogP contribution is -2.41. The van der Waals surface area contributed by atoms with Gasteiger partial charge in [-0.05, 0) is 18.4 Å². The summed E-state index contributed by atoms with van der Waals surface area (Å²) in [5.74, 6) is -0.582. The first kappa shape index (κ1) is 20.2. The van der Waals surface area contributed by atoms with E-state index in [2.05, 4.69) is 10.6 Å². The van der Waals surface area contributed by atoms with Gasteiger partial charge in [0.15, 0.2) is 0 Å². The first-order valence-electron chi connectivity index (χ1n) is 8.71. The fraction of sp³-hybridized carbons (Fsp3) is 0.368. The summed E-state index contributed by atoms with van der Waals surface area (Å²) in [6.07, 6.45) is 1.84. The highest BCUT2D eigenvalue weighted by Gasteiger charge is 2.09. The number of hydrogen-bond donors (Lipinski definition) is 2. The minimum absolute atomic E-state index is 0.0323. The van der Waals surface area contributed by atoms with Crippen molar-refractivity contribution in [3.63, 3.8) is 0 Å². The Morgan fingerprint density at radius 2 is 1.67 bits per heavy atom. The third-order valence-electron chi connectivity index (χ3n) is 4.25. The summed E-state index contributed by atoms with van der Waals surface area (Å²) in [5.41, 5.74) is 0.667. The average molecular weight is 372 g/mol. The third kappa shape index (κ3) is 5.95. The van der Waals surface area contributed by atoms with Gasteiger partial charge >= 0.3 is 5.69 Å². The van der Waals surface area contributed by atoms with Crippen LogP contribution in [-0.4, -0.2) is 27.5 Å². The Bertz CT molecular complexity index is 916. The van der Waals surface area contributed by atoms with Crippen molar-refractivity contribution in [1.82, 2.24) is 19.8 Å². The summed E-state index contributed by atoms with van der Waals surface area (Å²) < 4.78 is 2.28. The first-order chi connectivity index (χ1) is 12.9. The number of aryl methyl sites for hydroxylation is 1. The standard InChI is InChI=1S/C19H24N4O4/c1-22-15(11-18(26)23(2)19(22)27)12-20-17(25)13-21-16(24)10-6-9-14-7-4-3-5-8-14/h3-5,7-8,11H,6,9-10,12-13H2,1-2H3,(H,20,25)(H,21,24). The van der Waals surface area contributed by atoms with Crippen LogP contribution in [0, 0.1) is 0 Å². The van der Waals surface area contributed by atoms with E-state index in [4.69, 9.17) is 0 Å². The molecule has 0 aliphatic heterocycles. The summed E-state index contributed by atoms with van der Waals surface area (Å²) >= 11 is 0. The van der Waals surface area contributed by atoms with E-state index >= 15 is 0 Å². The largest absolute Gasteiger partial charge is 0.349 e. The van der Waals surface area contributed by atoms with Gasteiger partial charge in [-0.1, -0.05) is 30.3 Å². The molecule has 0 bridgehead atoms.